The number of nitrogens with one attached hydrogen (secondary N) is 1. The smallest absolute Gasteiger partial charge is 0.335 e. The summed E-state index contributed by atoms with van der Waals surface area (Å²) in [5.74, 6) is -1.24. The number of imidazole rings is 1. The molecule has 0 saturated carbocycles. The molecule has 1 aromatic carbocycles. The fourth-order valence-electron chi connectivity index (χ4n) is 2.59. The number of nitrogens with zero attached hydrogens (tertiary/aromatic N) is 2. The Morgan fingerprint density at radius 2 is 1.92 bits per heavy atom. The standard InChI is InChI=1S/C18H16ClN3O3/c1-2-14-16(22-10-13(19)7-8-15(22)21-14)17(23)20-9-11-3-5-12(6-4-11)18(24)25/h3-8,10H,2,9H2,1H3,(H,20,23)(H,24,25). The first-order valence-corrected chi connectivity index (χ1v) is 8.14. The van der Waals surface area contributed by atoms with E-state index in [9.17, 15) is 9.59 Å². The molecule has 6 nitrogen and oxygen atoms in total. The Kier molecular flexibility index (Phi) is 4.72. The molecule has 0 aliphatic heterocycles. The Bertz CT molecular complexity index is 948. The Labute approximate surface area is 149 Å². The zero-order valence-corrected chi connectivity index (χ0v) is 14.2. The first-order chi connectivity index (χ1) is 12.0. The van der Waals surface area contributed by atoms with Gasteiger partial charge < -0.3 is 10.4 Å². The SMILES string of the molecule is CCc1nc2ccc(Cl)cn2c1C(=O)NCc1ccc(C(=O)O)cc1. The molecule has 0 radical (unpaired) electrons. The van der Waals surface area contributed by atoms with Gasteiger partial charge in [0.2, 0.25) is 0 Å². The molecular formula is C18H16ClN3O3. The summed E-state index contributed by atoms with van der Waals surface area (Å²) in [6.07, 6.45) is 2.29. The zero-order chi connectivity index (χ0) is 18.0. The first kappa shape index (κ1) is 17.0. The van der Waals surface area contributed by atoms with E-state index in [1.165, 1.54) is 12.1 Å². The van der Waals surface area contributed by atoms with Gasteiger partial charge in [0.25, 0.3) is 5.91 Å². The number of aromatic carboxylic acids is 1. The van der Waals surface area contributed by atoms with Gasteiger partial charge in [-0.15, -0.1) is 0 Å². The van der Waals surface area contributed by atoms with E-state index < -0.39 is 5.97 Å². The summed E-state index contributed by atoms with van der Waals surface area (Å²) >= 11 is 6.03. The number of amides is 1. The Balaban J connectivity index is 1.82. The number of carboxylic acids is 1. The van der Waals surface area contributed by atoms with Crippen LogP contribution in [0, 0.1) is 0 Å². The van der Waals surface area contributed by atoms with Crippen molar-refractivity contribution in [1.29, 1.82) is 0 Å². The van der Waals surface area contributed by atoms with Gasteiger partial charge in [-0.3, -0.25) is 9.20 Å². The number of hydrogen-bond donors (Lipinski definition) is 2. The number of carbonyl (C=O) groups is 2. The van der Waals surface area contributed by atoms with E-state index in [-0.39, 0.29) is 18.0 Å². The largest absolute Gasteiger partial charge is 0.478 e. The molecule has 0 unspecified atom stereocenters. The summed E-state index contributed by atoms with van der Waals surface area (Å²) in [5.41, 5.74) is 2.84. The lowest BCUT2D eigenvalue weighted by molar-refractivity contribution is 0.0696. The van der Waals surface area contributed by atoms with E-state index in [4.69, 9.17) is 16.7 Å². The molecular weight excluding hydrogens is 342 g/mol. The summed E-state index contributed by atoms with van der Waals surface area (Å²) in [6, 6.07) is 9.87. The van der Waals surface area contributed by atoms with E-state index in [1.807, 2.05) is 6.92 Å². The van der Waals surface area contributed by atoms with Crippen molar-refractivity contribution in [2.75, 3.05) is 0 Å². The van der Waals surface area contributed by atoms with E-state index >= 15 is 0 Å². The number of carboxylic acid groups (broad SMARTS) is 1. The second kappa shape index (κ2) is 6.94. The Morgan fingerprint density at radius 1 is 1.20 bits per heavy atom. The molecule has 7 heteroatoms. The maximum Gasteiger partial charge on any atom is 0.335 e. The van der Waals surface area contributed by atoms with Crippen molar-refractivity contribution in [3.63, 3.8) is 0 Å². The van der Waals surface area contributed by atoms with Crippen molar-refractivity contribution in [3.8, 4) is 0 Å². The summed E-state index contributed by atoms with van der Waals surface area (Å²) in [5, 5.41) is 12.3. The number of hydrogen-bond acceptors (Lipinski definition) is 3. The van der Waals surface area contributed by atoms with E-state index in [0.29, 0.717) is 28.5 Å². The van der Waals surface area contributed by atoms with Gasteiger partial charge in [-0.25, -0.2) is 9.78 Å². The molecule has 2 heterocycles. The average molecular weight is 358 g/mol. The number of carbonyl (C=O) groups excluding carboxylic acids is 1. The van der Waals surface area contributed by atoms with Gasteiger partial charge in [-0.2, -0.15) is 0 Å². The van der Waals surface area contributed by atoms with Crippen LogP contribution >= 0.6 is 11.6 Å². The van der Waals surface area contributed by atoms with E-state index in [1.54, 1.807) is 34.9 Å². The monoisotopic (exact) mass is 357 g/mol. The minimum atomic E-state index is -0.981. The van der Waals surface area contributed by atoms with Crippen LogP contribution in [0.2, 0.25) is 5.02 Å². The predicted molar refractivity (Wildman–Crippen MR) is 94.2 cm³/mol. The number of rotatable bonds is 5. The van der Waals surface area contributed by atoms with Gasteiger partial charge in [0, 0.05) is 12.7 Å². The van der Waals surface area contributed by atoms with Crippen molar-refractivity contribution in [1.82, 2.24) is 14.7 Å². The third kappa shape index (κ3) is 3.49. The van der Waals surface area contributed by atoms with Crippen LogP contribution in [0.25, 0.3) is 5.65 Å². The molecule has 25 heavy (non-hydrogen) atoms. The second-order valence-corrected chi connectivity index (χ2v) is 5.96. The van der Waals surface area contributed by atoms with Crippen LogP contribution in [-0.4, -0.2) is 26.4 Å². The summed E-state index contributed by atoms with van der Waals surface area (Å²) in [6.45, 7) is 2.22. The highest BCUT2D eigenvalue weighted by molar-refractivity contribution is 6.30. The van der Waals surface area contributed by atoms with Crippen LogP contribution in [0.1, 0.15) is 39.0 Å². The number of halogens is 1. The fourth-order valence-corrected chi connectivity index (χ4v) is 2.75. The third-order valence-corrected chi connectivity index (χ3v) is 4.08. The topological polar surface area (TPSA) is 83.7 Å². The van der Waals surface area contributed by atoms with Crippen molar-refractivity contribution < 1.29 is 14.7 Å². The number of fused-ring (bicyclic) bond motifs is 1. The van der Waals surface area contributed by atoms with Crippen LogP contribution in [0.5, 0.6) is 0 Å². The highest BCUT2D eigenvalue weighted by Gasteiger charge is 2.18. The average Bonchev–Trinajstić information content (AvgIpc) is 2.97. The number of aryl methyl sites for hydroxylation is 1. The lowest BCUT2D eigenvalue weighted by Crippen LogP contribution is -2.25. The maximum absolute atomic E-state index is 12.7. The quantitative estimate of drug-likeness (QED) is 0.734. The first-order valence-electron chi connectivity index (χ1n) is 7.76. The van der Waals surface area contributed by atoms with E-state index in [2.05, 4.69) is 10.3 Å². The molecule has 0 aliphatic carbocycles. The Morgan fingerprint density at radius 3 is 2.56 bits per heavy atom. The predicted octanol–water partition coefficient (Wildman–Crippen LogP) is 3.18. The molecule has 2 aromatic heterocycles. The molecule has 0 bridgehead atoms. The van der Waals surface area contributed by atoms with E-state index in [0.717, 1.165) is 5.56 Å². The molecule has 128 valence electrons. The lowest BCUT2D eigenvalue weighted by Gasteiger charge is -2.07. The lowest BCUT2D eigenvalue weighted by atomic mass is 10.1. The van der Waals surface area contributed by atoms with Crippen molar-refractivity contribution in [2.24, 2.45) is 0 Å². The molecule has 1 amide bonds. The highest BCUT2D eigenvalue weighted by Crippen LogP contribution is 2.17. The van der Waals surface area contributed by atoms with Crippen molar-refractivity contribution >= 4 is 29.1 Å². The molecule has 3 aromatic rings. The highest BCUT2D eigenvalue weighted by atomic mass is 35.5. The molecule has 0 atom stereocenters. The number of aromatic nitrogens is 2. The van der Waals surface area contributed by atoms with Crippen LogP contribution in [0.4, 0.5) is 0 Å². The van der Waals surface area contributed by atoms with Gasteiger partial charge in [0.15, 0.2) is 0 Å². The molecule has 0 fully saturated rings. The molecule has 0 aliphatic rings. The van der Waals surface area contributed by atoms with Crippen LogP contribution < -0.4 is 5.32 Å². The zero-order valence-electron chi connectivity index (χ0n) is 13.5. The van der Waals surface area contributed by atoms with Crippen LogP contribution in [-0.2, 0) is 13.0 Å². The van der Waals surface area contributed by atoms with Crippen LogP contribution in [0.15, 0.2) is 42.6 Å². The minimum Gasteiger partial charge on any atom is -0.478 e. The molecule has 0 spiro atoms. The number of pyridine rings is 1. The fraction of sp³-hybridized carbons (Fsp3) is 0.167. The third-order valence-electron chi connectivity index (χ3n) is 3.86. The van der Waals surface area contributed by atoms with Gasteiger partial charge >= 0.3 is 5.97 Å². The molecule has 0 saturated heterocycles. The maximum atomic E-state index is 12.7. The summed E-state index contributed by atoms with van der Waals surface area (Å²) in [7, 11) is 0. The molecule has 3 rings (SSSR count). The summed E-state index contributed by atoms with van der Waals surface area (Å²) < 4.78 is 1.68. The van der Waals surface area contributed by atoms with Gasteiger partial charge in [0.1, 0.15) is 11.3 Å². The summed E-state index contributed by atoms with van der Waals surface area (Å²) in [4.78, 5) is 28.0. The van der Waals surface area contributed by atoms with Gasteiger partial charge in [-0.1, -0.05) is 30.7 Å². The van der Waals surface area contributed by atoms with Gasteiger partial charge in [-0.05, 0) is 36.2 Å². The van der Waals surface area contributed by atoms with Crippen molar-refractivity contribution in [3.05, 3.63) is 70.1 Å². The number of benzene rings is 1. The minimum absolute atomic E-state index is 0.208. The van der Waals surface area contributed by atoms with Crippen molar-refractivity contribution in [2.45, 2.75) is 19.9 Å². The van der Waals surface area contributed by atoms with Crippen LogP contribution in [0.3, 0.4) is 0 Å². The molecule has 2 N–H and O–H groups in total. The Hall–Kier alpha value is -2.86. The van der Waals surface area contributed by atoms with Gasteiger partial charge in [0.05, 0.1) is 16.3 Å². The second-order valence-electron chi connectivity index (χ2n) is 5.52. The normalized spacial score (nSPS) is 10.8.